The van der Waals surface area contributed by atoms with Crippen LogP contribution in [0.1, 0.15) is 5.56 Å². The number of hydrogen-bond donors (Lipinski definition) is 0. The highest BCUT2D eigenvalue weighted by atomic mass is 35.5. The van der Waals surface area contributed by atoms with Gasteiger partial charge in [0.05, 0.1) is 17.4 Å². The molecule has 0 atom stereocenters. The number of hydrogen-bond acceptors (Lipinski definition) is 3. The Morgan fingerprint density at radius 2 is 1.94 bits per heavy atom. The van der Waals surface area contributed by atoms with Gasteiger partial charge in [0.25, 0.3) is 0 Å². The van der Waals surface area contributed by atoms with Gasteiger partial charge in [0, 0.05) is 5.56 Å². The van der Waals surface area contributed by atoms with Gasteiger partial charge < -0.3 is 0 Å². The number of aryl methyl sites for hydroxylation is 1. The van der Waals surface area contributed by atoms with Crippen LogP contribution in [0.5, 0.6) is 0 Å². The first-order chi connectivity index (χ1) is 8.66. The molecule has 0 fully saturated rings. The zero-order valence-corrected chi connectivity index (χ0v) is 10.9. The summed E-state index contributed by atoms with van der Waals surface area (Å²) >= 11 is 12.3. The Balaban J connectivity index is 2.32. The SMILES string of the molecule is Cc1ccc(-c2nnc3cncc(Cl)n23)c(Cl)c1. The third-order valence-corrected chi connectivity index (χ3v) is 3.22. The van der Waals surface area contributed by atoms with Crippen LogP contribution in [-0.4, -0.2) is 19.6 Å². The summed E-state index contributed by atoms with van der Waals surface area (Å²) in [7, 11) is 0. The Labute approximate surface area is 113 Å². The van der Waals surface area contributed by atoms with Gasteiger partial charge in [0.15, 0.2) is 11.5 Å². The number of fused-ring (bicyclic) bond motifs is 1. The van der Waals surface area contributed by atoms with E-state index in [-0.39, 0.29) is 0 Å². The first-order valence-corrected chi connectivity index (χ1v) is 6.03. The van der Waals surface area contributed by atoms with Crippen molar-refractivity contribution in [3.63, 3.8) is 0 Å². The van der Waals surface area contributed by atoms with Crippen molar-refractivity contribution in [2.75, 3.05) is 0 Å². The van der Waals surface area contributed by atoms with Crippen molar-refractivity contribution in [1.82, 2.24) is 19.6 Å². The lowest BCUT2D eigenvalue weighted by molar-refractivity contribution is 1.11. The second kappa shape index (κ2) is 4.23. The van der Waals surface area contributed by atoms with Crippen LogP contribution in [-0.2, 0) is 0 Å². The van der Waals surface area contributed by atoms with Crippen molar-refractivity contribution in [2.24, 2.45) is 0 Å². The Bertz CT molecular complexity index is 736. The number of rotatable bonds is 1. The molecule has 0 aliphatic heterocycles. The fourth-order valence-electron chi connectivity index (χ4n) is 1.79. The zero-order valence-electron chi connectivity index (χ0n) is 9.43. The molecular formula is C12H8Cl2N4. The van der Waals surface area contributed by atoms with E-state index in [0.29, 0.717) is 21.6 Å². The van der Waals surface area contributed by atoms with E-state index in [2.05, 4.69) is 15.2 Å². The summed E-state index contributed by atoms with van der Waals surface area (Å²) < 4.78 is 1.71. The lowest BCUT2D eigenvalue weighted by Gasteiger charge is -2.04. The van der Waals surface area contributed by atoms with Crippen LogP contribution in [0.4, 0.5) is 0 Å². The van der Waals surface area contributed by atoms with Crippen LogP contribution in [0.2, 0.25) is 10.2 Å². The second-order valence-corrected chi connectivity index (χ2v) is 4.72. The van der Waals surface area contributed by atoms with Crippen LogP contribution in [0, 0.1) is 6.92 Å². The Morgan fingerprint density at radius 1 is 1.11 bits per heavy atom. The number of halogens is 2. The van der Waals surface area contributed by atoms with Crippen LogP contribution in [0.25, 0.3) is 17.0 Å². The van der Waals surface area contributed by atoms with Crippen molar-refractivity contribution in [3.8, 4) is 11.4 Å². The maximum atomic E-state index is 6.23. The molecule has 0 N–H and O–H groups in total. The molecule has 3 aromatic rings. The van der Waals surface area contributed by atoms with Gasteiger partial charge in [-0.1, -0.05) is 29.3 Å². The molecule has 0 unspecified atom stereocenters. The van der Waals surface area contributed by atoms with E-state index in [1.807, 2.05) is 25.1 Å². The van der Waals surface area contributed by atoms with Crippen molar-refractivity contribution in [3.05, 3.63) is 46.3 Å². The quantitative estimate of drug-likeness (QED) is 0.685. The summed E-state index contributed by atoms with van der Waals surface area (Å²) in [4.78, 5) is 3.97. The predicted molar refractivity (Wildman–Crippen MR) is 71.0 cm³/mol. The summed E-state index contributed by atoms with van der Waals surface area (Å²) in [6.07, 6.45) is 3.15. The monoisotopic (exact) mass is 278 g/mol. The molecule has 6 heteroatoms. The predicted octanol–water partition coefficient (Wildman–Crippen LogP) is 3.41. The summed E-state index contributed by atoms with van der Waals surface area (Å²) in [6, 6.07) is 5.76. The van der Waals surface area contributed by atoms with Gasteiger partial charge in [-0.15, -0.1) is 10.2 Å². The van der Waals surface area contributed by atoms with Gasteiger partial charge in [0.1, 0.15) is 5.15 Å². The molecule has 0 aliphatic carbocycles. The largest absolute Gasteiger partial charge is 0.262 e. The summed E-state index contributed by atoms with van der Waals surface area (Å²) in [6.45, 7) is 1.98. The van der Waals surface area contributed by atoms with Gasteiger partial charge in [-0.25, -0.2) is 0 Å². The first kappa shape index (κ1) is 11.4. The van der Waals surface area contributed by atoms with Gasteiger partial charge in [-0.05, 0) is 24.6 Å². The minimum Gasteiger partial charge on any atom is -0.262 e. The highest BCUT2D eigenvalue weighted by Gasteiger charge is 2.13. The van der Waals surface area contributed by atoms with E-state index in [9.17, 15) is 0 Å². The minimum absolute atomic E-state index is 0.448. The minimum atomic E-state index is 0.448. The van der Waals surface area contributed by atoms with E-state index in [4.69, 9.17) is 23.2 Å². The van der Waals surface area contributed by atoms with Crippen molar-refractivity contribution in [1.29, 1.82) is 0 Å². The van der Waals surface area contributed by atoms with Gasteiger partial charge >= 0.3 is 0 Å². The van der Waals surface area contributed by atoms with Crippen molar-refractivity contribution >= 4 is 28.8 Å². The molecule has 90 valence electrons. The highest BCUT2D eigenvalue weighted by Crippen LogP contribution is 2.28. The van der Waals surface area contributed by atoms with Gasteiger partial charge in [-0.3, -0.25) is 9.38 Å². The van der Waals surface area contributed by atoms with Gasteiger partial charge in [0.2, 0.25) is 0 Å². The number of nitrogens with zero attached hydrogens (tertiary/aromatic N) is 4. The normalized spacial score (nSPS) is 11.1. The van der Waals surface area contributed by atoms with Crippen LogP contribution < -0.4 is 0 Å². The Hall–Kier alpha value is -1.65. The van der Waals surface area contributed by atoms with E-state index in [1.54, 1.807) is 16.8 Å². The molecule has 3 rings (SSSR count). The molecular weight excluding hydrogens is 271 g/mol. The average molecular weight is 279 g/mol. The maximum absolute atomic E-state index is 6.23. The zero-order chi connectivity index (χ0) is 12.7. The fourth-order valence-corrected chi connectivity index (χ4v) is 2.33. The lowest BCUT2D eigenvalue weighted by atomic mass is 10.1. The van der Waals surface area contributed by atoms with Crippen molar-refractivity contribution < 1.29 is 0 Å². The maximum Gasteiger partial charge on any atom is 0.180 e. The van der Waals surface area contributed by atoms with E-state index < -0.39 is 0 Å². The first-order valence-electron chi connectivity index (χ1n) is 5.28. The van der Waals surface area contributed by atoms with Crippen LogP contribution in [0.3, 0.4) is 0 Å². The van der Waals surface area contributed by atoms with E-state index >= 15 is 0 Å². The molecule has 0 saturated heterocycles. The molecule has 0 saturated carbocycles. The highest BCUT2D eigenvalue weighted by molar-refractivity contribution is 6.33. The fraction of sp³-hybridized carbons (Fsp3) is 0.0833. The summed E-state index contributed by atoms with van der Waals surface area (Å²) in [5.41, 5.74) is 2.47. The van der Waals surface area contributed by atoms with Crippen LogP contribution in [0.15, 0.2) is 30.6 Å². The molecule has 0 amide bonds. The third kappa shape index (κ3) is 1.74. The molecule has 18 heavy (non-hydrogen) atoms. The van der Waals surface area contributed by atoms with E-state index in [1.165, 1.54) is 0 Å². The number of benzene rings is 1. The smallest absolute Gasteiger partial charge is 0.180 e. The lowest BCUT2D eigenvalue weighted by Crippen LogP contribution is -1.93. The summed E-state index contributed by atoms with van der Waals surface area (Å²) in [5.74, 6) is 0.613. The van der Waals surface area contributed by atoms with Crippen LogP contribution >= 0.6 is 23.2 Å². The second-order valence-electron chi connectivity index (χ2n) is 3.93. The van der Waals surface area contributed by atoms with Gasteiger partial charge in [-0.2, -0.15) is 0 Å². The molecule has 0 radical (unpaired) electrons. The molecule has 1 aromatic carbocycles. The molecule has 0 spiro atoms. The molecule has 0 aliphatic rings. The molecule has 2 aromatic heterocycles. The topological polar surface area (TPSA) is 43.1 Å². The standard InChI is InChI=1S/C12H8Cl2N4/c1-7-2-3-8(9(13)4-7)12-17-16-11-6-15-5-10(14)18(11)12/h2-6H,1H3. The molecule has 0 bridgehead atoms. The van der Waals surface area contributed by atoms with Crippen molar-refractivity contribution in [2.45, 2.75) is 6.92 Å². The average Bonchev–Trinajstić information content (AvgIpc) is 2.74. The Kier molecular flexibility index (Phi) is 2.69. The molecule has 4 nitrogen and oxygen atoms in total. The van der Waals surface area contributed by atoms with E-state index in [0.717, 1.165) is 11.1 Å². The Morgan fingerprint density at radius 3 is 2.72 bits per heavy atom. The number of aromatic nitrogens is 4. The summed E-state index contributed by atoms with van der Waals surface area (Å²) in [5, 5.41) is 9.22. The third-order valence-electron chi connectivity index (χ3n) is 2.64. The molecule has 2 heterocycles.